The number of benzene rings is 1. The summed E-state index contributed by atoms with van der Waals surface area (Å²) in [6.45, 7) is 2.06. The molecule has 0 saturated carbocycles. The summed E-state index contributed by atoms with van der Waals surface area (Å²) in [5.74, 6) is -1.54. The van der Waals surface area contributed by atoms with Crippen LogP contribution in [0.25, 0.3) is 0 Å². The molecule has 0 radical (unpaired) electrons. The van der Waals surface area contributed by atoms with Gasteiger partial charge in [-0.15, -0.1) is 0 Å². The Morgan fingerprint density at radius 2 is 2.05 bits per heavy atom. The van der Waals surface area contributed by atoms with Crippen molar-refractivity contribution >= 4 is 11.6 Å². The molecular formula is C16H19ClN4O. The summed E-state index contributed by atoms with van der Waals surface area (Å²) in [6.07, 6.45) is 0.967. The zero-order valence-corrected chi connectivity index (χ0v) is 13.1. The number of hydrogen-bond acceptors (Lipinski definition) is 5. The Kier molecular flexibility index (Phi) is 5.76. The van der Waals surface area contributed by atoms with Crippen LogP contribution < -0.4 is 10.9 Å². The maximum atomic E-state index is 10.3. The molecule has 0 aromatic heterocycles. The van der Waals surface area contributed by atoms with Crippen LogP contribution in [0.2, 0.25) is 5.02 Å². The highest BCUT2D eigenvalue weighted by molar-refractivity contribution is 6.30. The smallest absolute Gasteiger partial charge is 0.140 e. The maximum Gasteiger partial charge on any atom is 0.140 e. The second kappa shape index (κ2) is 7.58. The van der Waals surface area contributed by atoms with Gasteiger partial charge in [0, 0.05) is 22.9 Å². The summed E-state index contributed by atoms with van der Waals surface area (Å²) in [5.41, 5.74) is 6.70. The average Bonchev–Trinajstić information content (AvgIpc) is 2.86. The number of halogens is 1. The van der Waals surface area contributed by atoms with E-state index in [9.17, 15) is 15.6 Å². The zero-order valence-electron chi connectivity index (χ0n) is 12.3. The van der Waals surface area contributed by atoms with Gasteiger partial charge in [-0.05, 0) is 24.1 Å². The predicted molar refractivity (Wildman–Crippen MR) is 83.4 cm³/mol. The number of nitrogens with one attached hydrogen (secondary N) is 2. The summed E-state index contributed by atoms with van der Waals surface area (Å²) < 4.78 is 0. The van der Waals surface area contributed by atoms with Crippen LogP contribution in [-0.2, 0) is 0 Å². The Bertz CT molecular complexity index is 579. The van der Waals surface area contributed by atoms with Crippen molar-refractivity contribution in [3.05, 3.63) is 34.9 Å². The summed E-state index contributed by atoms with van der Waals surface area (Å²) in [7, 11) is 0. The standard InChI is InChI=1S/C16H19ClN4O/c1-2-4-13-15(16(22)21-20-13)14(11(8-18)9-19)10-5-3-6-12(17)7-10/h3,5-7,11,13-16,20-22H,2,4H2,1H3. The van der Waals surface area contributed by atoms with Gasteiger partial charge < -0.3 is 5.11 Å². The molecule has 1 saturated heterocycles. The van der Waals surface area contributed by atoms with Crippen LogP contribution in [0, 0.1) is 34.5 Å². The van der Waals surface area contributed by atoms with Gasteiger partial charge in [-0.3, -0.25) is 5.43 Å². The molecule has 0 aliphatic carbocycles. The van der Waals surface area contributed by atoms with Gasteiger partial charge in [-0.2, -0.15) is 10.5 Å². The number of rotatable bonds is 5. The van der Waals surface area contributed by atoms with E-state index in [1.165, 1.54) is 0 Å². The lowest BCUT2D eigenvalue weighted by Gasteiger charge is -2.30. The highest BCUT2D eigenvalue weighted by atomic mass is 35.5. The van der Waals surface area contributed by atoms with Gasteiger partial charge in [0.25, 0.3) is 0 Å². The number of aliphatic hydroxyl groups excluding tert-OH is 1. The molecule has 4 atom stereocenters. The Balaban J connectivity index is 2.44. The number of nitriles is 2. The lowest BCUT2D eigenvalue weighted by atomic mass is 9.73. The minimum absolute atomic E-state index is 0.00631. The molecule has 0 spiro atoms. The molecule has 1 aromatic carbocycles. The lowest BCUT2D eigenvalue weighted by Crippen LogP contribution is -2.35. The minimum Gasteiger partial charge on any atom is -0.377 e. The fourth-order valence-electron chi connectivity index (χ4n) is 3.17. The normalized spacial score (nSPS) is 25.6. The highest BCUT2D eigenvalue weighted by Gasteiger charge is 2.44. The highest BCUT2D eigenvalue weighted by Crippen LogP contribution is 2.39. The summed E-state index contributed by atoms with van der Waals surface area (Å²) in [5, 5.41) is 29.6. The molecule has 1 aromatic rings. The van der Waals surface area contributed by atoms with Crippen LogP contribution in [-0.4, -0.2) is 17.4 Å². The van der Waals surface area contributed by atoms with Crippen LogP contribution in [0.15, 0.2) is 24.3 Å². The van der Waals surface area contributed by atoms with Crippen molar-refractivity contribution in [2.45, 2.75) is 38.0 Å². The lowest BCUT2D eigenvalue weighted by molar-refractivity contribution is 0.0872. The molecule has 1 aliphatic rings. The second-order valence-electron chi connectivity index (χ2n) is 5.52. The molecule has 0 bridgehead atoms. The predicted octanol–water partition coefficient (Wildman–Crippen LogP) is 2.30. The van der Waals surface area contributed by atoms with Crippen LogP contribution in [0.4, 0.5) is 0 Å². The first-order chi connectivity index (χ1) is 10.6. The van der Waals surface area contributed by atoms with E-state index in [2.05, 4.69) is 29.9 Å². The molecule has 1 aliphatic heterocycles. The van der Waals surface area contributed by atoms with E-state index in [4.69, 9.17) is 11.6 Å². The van der Waals surface area contributed by atoms with Crippen molar-refractivity contribution in [2.24, 2.45) is 11.8 Å². The van der Waals surface area contributed by atoms with E-state index < -0.39 is 18.1 Å². The Hall–Kier alpha value is -1.63. The largest absolute Gasteiger partial charge is 0.377 e. The van der Waals surface area contributed by atoms with Gasteiger partial charge in [0.05, 0.1) is 12.1 Å². The molecule has 4 unspecified atom stereocenters. The molecule has 1 fully saturated rings. The van der Waals surface area contributed by atoms with E-state index in [0.29, 0.717) is 5.02 Å². The fraction of sp³-hybridized carbons (Fsp3) is 0.500. The fourth-order valence-corrected chi connectivity index (χ4v) is 3.37. The van der Waals surface area contributed by atoms with Crippen LogP contribution in [0.5, 0.6) is 0 Å². The van der Waals surface area contributed by atoms with Crippen LogP contribution >= 0.6 is 11.6 Å². The van der Waals surface area contributed by atoms with E-state index in [1.807, 2.05) is 6.07 Å². The summed E-state index contributed by atoms with van der Waals surface area (Å²) in [6, 6.07) is 11.3. The van der Waals surface area contributed by atoms with E-state index in [1.54, 1.807) is 18.2 Å². The van der Waals surface area contributed by atoms with Crippen molar-refractivity contribution in [3.8, 4) is 12.1 Å². The SMILES string of the molecule is CCCC1NNC(O)C1C(c1cccc(Cl)c1)C(C#N)C#N. The monoisotopic (exact) mass is 318 g/mol. The van der Waals surface area contributed by atoms with Gasteiger partial charge in [-0.25, -0.2) is 5.43 Å². The Morgan fingerprint density at radius 1 is 1.32 bits per heavy atom. The molecule has 2 rings (SSSR count). The van der Waals surface area contributed by atoms with Gasteiger partial charge in [0.2, 0.25) is 0 Å². The van der Waals surface area contributed by atoms with Crippen LogP contribution in [0.3, 0.4) is 0 Å². The van der Waals surface area contributed by atoms with Gasteiger partial charge >= 0.3 is 0 Å². The van der Waals surface area contributed by atoms with E-state index >= 15 is 0 Å². The summed E-state index contributed by atoms with van der Waals surface area (Å²) >= 11 is 6.06. The molecule has 3 N–H and O–H groups in total. The van der Waals surface area contributed by atoms with Gasteiger partial charge in [0.1, 0.15) is 12.1 Å². The summed E-state index contributed by atoms with van der Waals surface area (Å²) in [4.78, 5) is 0. The minimum atomic E-state index is -0.848. The van der Waals surface area contributed by atoms with Crippen molar-refractivity contribution in [1.82, 2.24) is 10.9 Å². The number of nitrogens with zero attached hydrogens (tertiary/aromatic N) is 2. The first-order valence-corrected chi connectivity index (χ1v) is 7.74. The molecule has 6 heteroatoms. The van der Waals surface area contributed by atoms with Crippen molar-refractivity contribution < 1.29 is 5.11 Å². The van der Waals surface area contributed by atoms with Crippen molar-refractivity contribution in [1.29, 1.82) is 10.5 Å². The molecule has 1 heterocycles. The van der Waals surface area contributed by atoms with Crippen molar-refractivity contribution in [3.63, 3.8) is 0 Å². The molecule has 116 valence electrons. The van der Waals surface area contributed by atoms with Crippen LogP contribution in [0.1, 0.15) is 31.2 Å². The number of hydrazine groups is 1. The zero-order chi connectivity index (χ0) is 16.1. The molecular weight excluding hydrogens is 300 g/mol. The second-order valence-corrected chi connectivity index (χ2v) is 5.96. The number of aliphatic hydroxyl groups is 1. The molecule has 22 heavy (non-hydrogen) atoms. The number of hydrogen-bond donors (Lipinski definition) is 3. The Morgan fingerprint density at radius 3 is 2.64 bits per heavy atom. The van der Waals surface area contributed by atoms with Crippen molar-refractivity contribution in [2.75, 3.05) is 0 Å². The first-order valence-electron chi connectivity index (χ1n) is 7.36. The molecule has 0 amide bonds. The van der Waals surface area contributed by atoms with Gasteiger partial charge in [0.15, 0.2) is 0 Å². The maximum absolute atomic E-state index is 10.3. The third-order valence-electron chi connectivity index (χ3n) is 4.13. The third kappa shape index (κ3) is 3.40. The quantitative estimate of drug-likeness (QED) is 0.774. The topological polar surface area (TPSA) is 91.9 Å². The van der Waals surface area contributed by atoms with E-state index in [-0.39, 0.29) is 12.0 Å². The molecule has 5 nitrogen and oxygen atoms in total. The Labute approximate surface area is 135 Å². The average molecular weight is 319 g/mol. The first kappa shape index (κ1) is 16.7. The van der Waals surface area contributed by atoms with E-state index in [0.717, 1.165) is 18.4 Å². The third-order valence-corrected chi connectivity index (χ3v) is 4.37. The van der Waals surface area contributed by atoms with Gasteiger partial charge in [-0.1, -0.05) is 37.1 Å².